The van der Waals surface area contributed by atoms with Gasteiger partial charge in [-0.1, -0.05) is 6.07 Å². The Labute approximate surface area is 90.4 Å². The standard InChI is InChI=1S/C8H6Cl3FO/c1-5-2-3-6(12)4-7(5)13-8(9,10)11/h2-4H,1H3. The molecule has 1 nitrogen and oxygen atoms in total. The van der Waals surface area contributed by atoms with Gasteiger partial charge in [0.1, 0.15) is 11.6 Å². The Morgan fingerprint density at radius 3 is 2.46 bits per heavy atom. The number of ether oxygens (including phenoxy) is 1. The average Bonchev–Trinajstić information content (AvgIpc) is 1.94. The van der Waals surface area contributed by atoms with Crippen LogP contribution in [-0.2, 0) is 0 Å². The molecule has 72 valence electrons. The monoisotopic (exact) mass is 242 g/mol. The molecule has 0 atom stereocenters. The second-order valence-electron chi connectivity index (χ2n) is 2.46. The minimum absolute atomic E-state index is 0.222. The van der Waals surface area contributed by atoms with E-state index in [9.17, 15) is 4.39 Å². The number of rotatable bonds is 1. The Morgan fingerprint density at radius 2 is 1.92 bits per heavy atom. The summed E-state index contributed by atoms with van der Waals surface area (Å²) in [5.74, 6) is -0.213. The van der Waals surface area contributed by atoms with Gasteiger partial charge in [0.2, 0.25) is 0 Å². The predicted molar refractivity (Wildman–Crippen MR) is 52.1 cm³/mol. The first-order valence-corrected chi connectivity index (χ1v) is 4.54. The van der Waals surface area contributed by atoms with Crippen molar-refractivity contribution in [1.29, 1.82) is 0 Å². The molecule has 0 bridgehead atoms. The van der Waals surface area contributed by atoms with Gasteiger partial charge in [0, 0.05) is 6.07 Å². The van der Waals surface area contributed by atoms with E-state index in [1.54, 1.807) is 13.0 Å². The zero-order chi connectivity index (χ0) is 10.1. The summed E-state index contributed by atoms with van der Waals surface area (Å²) >= 11 is 16.1. The van der Waals surface area contributed by atoms with Crippen LogP contribution in [0.5, 0.6) is 5.75 Å². The first-order chi connectivity index (χ1) is 5.88. The molecule has 0 fully saturated rings. The Balaban J connectivity index is 2.94. The molecule has 0 aromatic heterocycles. The molecule has 13 heavy (non-hydrogen) atoms. The number of halogens is 4. The minimum atomic E-state index is -1.86. The fourth-order valence-electron chi connectivity index (χ4n) is 0.809. The number of hydrogen-bond donors (Lipinski definition) is 0. The van der Waals surface area contributed by atoms with Crippen molar-refractivity contribution in [3.63, 3.8) is 0 Å². The van der Waals surface area contributed by atoms with Crippen LogP contribution >= 0.6 is 34.8 Å². The molecule has 0 N–H and O–H groups in total. The second-order valence-corrected chi connectivity index (χ2v) is 4.63. The van der Waals surface area contributed by atoms with E-state index in [1.165, 1.54) is 6.07 Å². The molecular weight excluding hydrogens is 237 g/mol. The van der Waals surface area contributed by atoms with Crippen molar-refractivity contribution in [3.05, 3.63) is 29.6 Å². The maximum atomic E-state index is 12.7. The summed E-state index contributed by atoms with van der Waals surface area (Å²) in [6.07, 6.45) is 0. The smallest absolute Gasteiger partial charge is 0.338 e. The van der Waals surface area contributed by atoms with Gasteiger partial charge >= 0.3 is 3.98 Å². The zero-order valence-corrected chi connectivity index (χ0v) is 8.92. The maximum absolute atomic E-state index is 12.7. The minimum Gasteiger partial charge on any atom is -0.445 e. The van der Waals surface area contributed by atoms with Crippen LogP contribution in [0.2, 0.25) is 0 Å². The highest BCUT2D eigenvalue weighted by Crippen LogP contribution is 2.32. The summed E-state index contributed by atoms with van der Waals surface area (Å²) in [5.41, 5.74) is 0.702. The van der Waals surface area contributed by atoms with Gasteiger partial charge in [-0.25, -0.2) is 4.39 Å². The molecule has 0 aliphatic heterocycles. The zero-order valence-electron chi connectivity index (χ0n) is 6.65. The van der Waals surface area contributed by atoms with Gasteiger partial charge in [-0.15, -0.1) is 0 Å². The molecule has 1 aromatic rings. The van der Waals surface area contributed by atoms with Crippen molar-refractivity contribution < 1.29 is 9.13 Å². The second kappa shape index (κ2) is 3.91. The molecule has 0 aliphatic carbocycles. The molecule has 1 aromatic carbocycles. The molecule has 0 aliphatic rings. The predicted octanol–water partition coefficient (Wildman–Crippen LogP) is 3.84. The molecule has 0 saturated carbocycles. The summed E-state index contributed by atoms with van der Waals surface area (Å²) in [7, 11) is 0. The van der Waals surface area contributed by atoms with Crippen molar-refractivity contribution in [1.82, 2.24) is 0 Å². The van der Waals surface area contributed by atoms with Crippen LogP contribution in [0.15, 0.2) is 18.2 Å². The van der Waals surface area contributed by atoms with Crippen molar-refractivity contribution in [2.24, 2.45) is 0 Å². The Bertz CT molecular complexity index is 309. The van der Waals surface area contributed by atoms with Crippen LogP contribution in [-0.4, -0.2) is 3.98 Å². The van der Waals surface area contributed by atoms with Crippen molar-refractivity contribution in [2.75, 3.05) is 0 Å². The van der Waals surface area contributed by atoms with Gasteiger partial charge in [-0.05, 0) is 53.4 Å². The molecule has 0 amide bonds. The Hall–Kier alpha value is -0.180. The van der Waals surface area contributed by atoms with E-state index in [0.717, 1.165) is 6.07 Å². The highest BCUT2D eigenvalue weighted by molar-refractivity contribution is 6.66. The van der Waals surface area contributed by atoms with Crippen LogP contribution in [0.3, 0.4) is 0 Å². The van der Waals surface area contributed by atoms with Crippen LogP contribution in [0.1, 0.15) is 5.56 Å². The molecule has 0 spiro atoms. The van der Waals surface area contributed by atoms with E-state index < -0.39 is 9.80 Å². The molecule has 0 unspecified atom stereocenters. The van der Waals surface area contributed by atoms with Crippen molar-refractivity contribution >= 4 is 34.8 Å². The molecule has 0 radical (unpaired) electrons. The summed E-state index contributed by atoms with van der Waals surface area (Å²) in [5, 5.41) is 0. The molecular formula is C8H6Cl3FO. The van der Waals surface area contributed by atoms with E-state index in [4.69, 9.17) is 39.5 Å². The number of benzene rings is 1. The van der Waals surface area contributed by atoms with Gasteiger partial charge in [0.15, 0.2) is 0 Å². The fraction of sp³-hybridized carbons (Fsp3) is 0.250. The third-order valence-corrected chi connectivity index (χ3v) is 1.61. The van der Waals surface area contributed by atoms with Crippen LogP contribution < -0.4 is 4.74 Å². The molecule has 0 heterocycles. The first-order valence-electron chi connectivity index (χ1n) is 3.40. The van der Waals surface area contributed by atoms with E-state index in [-0.39, 0.29) is 5.75 Å². The van der Waals surface area contributed by atoms with E-state index in [2.05, 4.69) is 0 Å². The lowest BCUT2D eigenvalue weighted by atomic mass is 10.2. The average molecular weight is 243 g/mol. The van der Waals surface area contributed by atoms with Crippen LogP contribution in [0.25, 0.3) is 0 Å². The summed E-state index contributed by atoms with van der Waals surface area (Å²) < 4.78 is 15.7. The Kier molecular flexibility index (Phi) is 3.28. The van der Waals surface area contributed by atoms with Crippen LogP contribution in [0.4, 0.5) is 4.39 Å². The largest absolute Gasteiger partial charge is 0.445 e. The van der Waals surface area contributed by atoms with Crippen molar-refractivity contribution in [2.45, 2.75) is 10.9 Å². The normalized spacial score (nSPS) is 11.5. The highest BCUT2D eigenvalue weighted by Gasteiger charge is 2.22. The molecule has 0 saturated heterocycles. The highest BCUT2D eigenvalue weighted by atomic mass is 35.6. The molecule has 1 rings (SSSR count). The third kappa shape index (κ3) is 3.59. The number of hydrogen-bond acceptors (Lipinski definition) is 1. The van der Waals surface area contributed by atoms with Gasteiger partial charge in [0.25, 0.3) is 0 Å². The summed E-state index contributed by atoms with van der Waals surface area (Å²) in [6.45, 7) is 1.73. The van der Waals surface area contributed by atoms with Gasteiger partial charge < -0.3 is 4.74 Å². The van der Waals surface area contributed by atoms with Crippen LogP contribution in [0, 0.1) is 12.7 Å². The number of alkyl halides is 3. The summed E-state index contributed by atoms with van der Waals surface area (Å²) in [6, 6.07) is 4.01. The lowest BCUT2D eigenvalue weighted by Crippen LogP contribution is -2.13. The summed E-state index contributed by atoms with van der Waals surface area (Å²) in [4.78, 5) is 0. The lowest BCUT2D eigenvalue weighted by molar-refractivity contribution is 0.316. The van der Waals surface area contributed by atoms with Gasteiger partial charge in [-0.2, -0.15) is 0 Å². The SMILES string of the molecule is Cc1ccc(F)cc1OC(Cl)(Cl)Cl. The number of aryl methyl sites for hydroxylation is 1. The third-order valence-electron chi connectivity index (χ3n) is 1.38. The van der Waals surface area contributed by atoms with Gasteiger partial charge in [-0.3, -0.25) is 0 Å². The molecule has 5 heteroatoms. The first kappa shape index (κ1) is 10.9. The van der Waals surface area contributed by atoms with E-state index in [0.29, 0.717) is 5.56 Å². The quantitative estimate of drug-likeness (QED) is 0.681. The van der Waals surface area contributed by atoms with E-state index >= 15 is 0 Å². The fourth-order valence-corrected chi connectivity index (χ4v) is 1.06. The van der Waals surface area contributed by atoms with Crippen molar-refractivity contribution in [3.8, 4) is 5.75 Å². The topological polar surface area (TPSA) is 9.23 Å². The Morgan fingerprint density at radius 1 is 1.31 bits per heavy atom. The lowest BCUT2D eigenvalue weighted by Gasteiger charge is -2.15. The van der Waals surface area contributed by atoms with Gasteiger partial charge in [0.05, 0.1) is 0 Å². The maximum Gasteiger partial charge on any atom is 0.338 e. The van der Waals surface area contributed by atoms with E-state index in [1.807, 2.05) is 0 Å².